The van der Waals surface area contributed by atoms with E-state index in [0.29, 0.717) is 0 Å². The molecule has 0 unspecified atom stereocenters. The first-order chi connectivity index (χ1) is 15.9. The van der Waals surface area contributed by atoms with Crippen LogP contribution < -0.4 is 0 Å². The van der Waals surface area contributed by atoms with Crippen LogP contribution in [0.4, 0.5) is 0 Å². The highest BCUT2D eigenvalue weighted by atomic mass is 14.7. The fraction of sp³-hybridized carbons (Fsp3) is 0.839. The summed E-state index contributed by atoms with van der Waals surface area (Å²) in [5.74, 6) is 0. The second-order valence-corrected chi connectivity index (χ2v) is 10.2. The van der Waals surface area contributed by atoms with Crippen molar-refractivity contribution in [2.45, 2.75) is 167 Å². The highest BCUT2D eigenvalue weighted by Gasteiger charge is 1.97. The van der Waals surface area contributed by atoms with Gasteiger partial charge in [0.1, 0.15) is 0 Å². The lowest BCUT2D eigenvalue weighted by Crippen LogP contribution is -1.89. The molecule has 0 aliphatic rings. The molecule has 32 heavy (non-hydrogen) atoms. The van der Waals surface area contributed by atoms with Gasteiger partial charge in [0.25, 0.3) is 0 Å². The zero-order chi connectivity index (χ0) is 22.8. The molecule has 0 aliphatic heterocycles. The minimum Gasteiger partial charge on any atom is -0.261 e. The second-order valence-electron chi connectivity index (χ2n) is 10.2. The monoisotopic (exact) mass is 443 g/mol. The summed E-state index contributed by atoms with van der Waals surface area (Å²) >= 11 is 0. The van der Waals surface area contributed by atoms with Crippen molar-refractivity contribution in [2.75, 3.05) is 0 Å². The van der Waals surface area contributed by atoms with Gasteiger partial charge in [-0.2, -0.15) is 0 Å². The van der Waals surface area contributed by atoms with E-state index in [1.807, 2.05) is 12.3 Å². The summed E-state index contributed by atoms with van der Waals surface area (Å²) in [6, 6.07) is 6.25. The van der Waals surface area contributed by atoms with Gasteiger partial charge in [0.05, 0.1) is 0 Å². The minimum absolute atomic E-state index is 1.15. The van der Waals surface area contributed by atoms with Gasteiger partial charge >= 0.3 is 0 Å². The molecule has 1 rings (SSSR count). The predicted octanol–water partition coefficient (Wildman–Crippen LogP) is 11.0. The summed E-state index contributed by atoms with van der Waals surface area (Å²) in [6.07, 6.45) is 37.9. The number of hydrogen-bond acceptors (Lipinski definition) is 1. The molecule has 1 heterocycles. The molecule has 0 N–H and O–H groups in total. The van der Waals surface area contributed by atoms with Gasteiger partial charge in [0.15, 0.2) is 0 Å². The third-order valence-electron chi connectivity index (χ3n) is 7.01. The molecule has 1 aromatic rings. The van der Waals surface area contributed by atoms with E-state index in [-0.39, 0.29) is 0 Å². The van der Waals surface area contributed by atoms with Crippen LogP contribution in [0.25, 0.3) is 0 Å². The summed E-state index contributed by atoms with van der Waals surface area (Å²) < 4.78 is 0. The van der Waals surface area contributed by atoms with Gasteiger partial charge in [0.2, 0.25) is 0 Å². The molecule has 1 heteroatoms. The van der Waals surface area contributed by atoms with Crippen molar-refractivity contribution in [1.82, 2.24) is 4.98 Å². The van der Waals surface area contributed by atoms with Crippen LogP contribution in [-0.4, -0.2) is 4.98 Å². The minimum atomic E-state index is 1.15. The zero-order valence-electron chi connectivity index (χ0n) is 21.9. The Kier molecular flexibility index (Phi) is 22.6. The molecule has 186 valence electrons. The largest absolute Gasteiger partial charge is 0.261 e. The smallest absolute Gasteiger partial charge is 0.0403 e. The number of nitrogens with zero attached hydrogens (tertiary/aromatic N) is 1. The predicted molar refractivity (Wildman–Crippen MR) is 144 cm³/mol. The van der Waals surface area contributed by atoms with Crippen LogP contribution in [0.1, 0.15) is 167 Å². The van der Waals surface area contributed by atoms with Crippen molar-refractivity contribution in [3.63, 3.8) is 0 Å². The number of unbranched alkanes of at least 4 members (excludes halogenated alkanes) is 23. The standard InChI is InChI=1S/C31H57N/c1-2-3-4-5-6-7-8-9-10-11-12-13-14-15-16-17-18-19-20-21-22-23-24-25-28-31-29-26-27-30-32-31/h26-27,29-30H,2-25,28H2,1H3. The number of rotatable bonds is 25. The summed E-state index contributed by atoms with van der Waals surface area (Å²) in [5.41, 5.74) is 1.26. The van der Waals surface area contributed by atoms with Crippen LogP contribution in [-0.2, 0) is 6.42 Å². The average molecular weight is 444 g/mol. The Morgan fingerprint density at radius 1 is 0.438 bits per heavy atom. The number of aryl methyl sites for hydroxylation is 1. The second kappa shape index (κ2) is 24.8. The SMILES string of the molecule is CCCCCCCCCCCCCCCCCCCCCCCCCCc1ccccn1. The summed E-state index contributed by atoms with van der Waals surface area (Å²) in [5, 5.41) is 0. The molecule has 0 amide bonds. The zero-order valence-corrected chi connectivity index (χ0v) is 21.9. The van der Waals surface area contributed by atoms with Crippen molar-refractivity contribution >= 4 is 0 Å². The van der Waals surface area contributed by atoms with Crippen LogP contribution >= 0.6 is 0 Å². The molecule has 1 nitrogen and oxygen atoms in total. The van der Waals surface area contributed by atoms with E-state index in [4.69, 9.17) is 0 Å². The van der Waals surface area contributed by atoms with Gasteiger partial charge in [0, 0.05) is 11.9 Å². The van der Waals surface area contributed by atoms with E-state index < -0.39 is 0 Å². The lowest BCUT2D eigenvalue weighted by molar-refractivity contribution is 0.517. The molecule has 0 fully saturated rings. The molecule has 0 saturated carbocycles. The number of hydrogen-bond donors (Lipinski definition) is 0. The van der Waals surface area contributed by atoms with Crippen molar-refractivity contribution in [3.05, 3.63) is 30.1 Å². The van der Waals surface area contributed by atoms with Crippen LogP contribution in [0.5, 0.6) is 0 Å². The summed E-state index contributed by atoms with van der Waals surface area (Å²) in [4.78, 5) is 4.41. The topological polar surface area (TPSA) is 12.9 Å². The van der Waals surface area contributed by atoms with Crippen LogP contribution in [0.15, 0.2) is 24.4 Å². The van der Waals surface area contributed by atoms with Gasteiger partial charge in [-0.1, -0.05) is 161 Å². The molecule has 0 radical (unpaired) electrons. The Labute approximate surface area is 202 Å². The van der Waals surface area contributed by atoms with Crippen molar-refractivity contribution in [2.24, 2.45) is 0 Å². The van der Waals surface area contributed by atoms with Gasteiger partial charge < -0.3 is 0 Å². The maximum absolute atomic E-state index is 4.41. The molecular formula is C31H57N. The van der Waals surface area contributed by atoms with E-state index in [9.17, 15) is 0 Å². The quantitative estimate of drug-likeness (QED) is 0.137. The molecular weight excluding hydrogens is 386 g/mol. The molecule has 0 aliphatic carbocycles. The maximum atomic E-state index is 4.41. The van der Waals surface area contributed by atoms with Crippen LogP contribution in [0.2, 0.25) is 0 Å². The summed E-state index contributed by atoms with van der Waals surface area (Å²) in [6.45, 7) is 2.30. The fourth-order valence-electron chi connectivity index (χ4n) is 4.81. The molecule has 0 saturated heterocycles. The fourth-order valence-corrected chi connectivity index (χ4v) is 4.81. The van der Waals surface area contributed by atoms with Crippen molar-refractivity contribution in [1.29, 1.82) is 0 Å². The average Bonchev–Trinajstić information content (AvgIpc) is 2.82. The third-order valence-corrected chi connectivity index (χ3v) is 7.01. The van der Waals surface area contributed by atoms with Crippen molar-refractivity contribution < 1.29 is 0 Å². The van der Waals surface area contributed by atoms with Crippen molar-refractivity contribution in [3.8, 4) is 0 Å². The molecule has 0 aromatic carbocycles. The summed E-state index contributed by atoms with van der Waals surface area (Å²) in [7, 11) is 0. The highest BCUT2D eigenvalue weighted by molar-refractivity contribution is 5.03. The van der Waals surface area contributed by atoms with Gasteiger partial charge in [-0.25, -0.2) is 0 Å². The Balaban J connectivity index is 1.64. The molecule has 0 spiro atoms. The Bertz CT molecular complexity index is 455. The van der Waals surface area contributed by atoms with Gasteiger partial charge in [-0.3, -0.25) is 4.98 Å². The molecule has 1 aromatic heterocycles. The van der Waals surface area contributed by atoms with E-state index in [1.54, 1.807) is 0 Å². The first-order valence-corrected chi connectivity index (χ1v) is 14.8. The third kappa shape index (κ3) is 21.0. The first kappa shape index (κ1) is 29.2. The first-order valence-electron chi connectivity index (χ1n) is 14.8. The van der Waals surface area contributed by atoms with Crippen LogP contribution in [0, 0.1) is 0 Å². The van der Waals surface area contributed by atoms with E-state index in [2.05, 4.69) is 24.0 Å². The van der Waals surface area contributed by atoms with E-state index in [1.165, 1.54) is 160 Å². The van der Waals surface area contributed by atoms with E-state index in [0.717, 1.165) is 6.42 Å². The maximum Gasteiger partial charge on any atom is 0.0403 e. The number of aromatic nitrogens is 1. The van der Waals surface area contributed by atoms with Gasteiger partial charge in [-0.05, 0) is 25.0 Å². The lowest BCUT2D eigenvalue weighted by atomic mass is 10.0. The van der Waals surface area contributed by atoms with Gasteiger partial charge in [-0.15, -0.1) is 0 Å². The Morgan fingerprint density at radius 3 is 1.09 bits per heavy atom. The van der Waals surface area contributed by atoms with Crippen LogP contribution in [0.3, 0.4) is 0 Å². The Morgan fingerprint density at radius 2 is 0.781 bits per heavy atom. The Hall–Kier alpha value is -0.850. The lowest BCUT2D eigenvalue weighted by Gasteiger charge is -2.04. The van der Waals surface area contributed by atoms with E-state index >= 15 is 0 Å². The number of pyridine rings is 1. The normalized spacial score (nSPS) is 11.3. The molecule has 0 bridgehead atoms. The highest BCUT2D eigenvalue weighted by Crippen LogP contribution is 2.15. The molecule has 0 atom stereocenters.